The van der Waals surface area contributed by atoms with E-state index in [0.29, 0.717) is 0 Å². The minimum atomic E-state index is 0.792. The summed E-state index contributed by atoms with van der Waals surface area (Å²) in [5.74, 6) is 0.792. The Morgan fingerprint density at radius 2 is 2.29 bits per heavy atom. The molecule has 0 rings (SSSR count). The van der Waals surface area contributed by atoms with Crippen LogP contribution in [0.15, 0.2) is 4.90 Å². The molecule has 0 aromatic heterocycles. The van der Waals surface area contributed by atoms with Gasteiger partial charge in [0.1, 0.15) is 0 Å². The van der Waals surface area contributed by atoms with Crippen molar-refractivity contribution in [3.8, 4) is 0 Å². The maximum absolute atomic E-state index is 3.81. The molecule has 6 heteroatoms. The predicted octanol–water partition coefficient (Wildman–Crippen LogP) is -2.03. The number of hydrogen-bond donors (Lipinski definition) is 2. The summed E-state index contributed by atoms with van der Waals surface area (Å²) in [6, 6.07) is 0. The zero-order valence-corrected chi connectivity index (χ0v) is 6.48. The molecule has 0 fully saturated rings. The van der Waals surface area contributed by atoms with E-state index in [9.17, 15) is 0 Å². The average molecular weight is 209 g/mol. The van der Waals surface area contributed by atoms with Crippen LogP contribution in [0.5, 0.6) is 0 Å². The molecule has 0 aliphatic rings. The van der Waals surface area contributed by atoms with Gasteiger partial charge in [-0.1, -0.05) is 0 Å². The lowest BCUT2D eigenvalue weighted by Crippen LogP contribution is -2.28. The molecule has 38 valence electrons. The van der Waals surface area contributed by atoms with Gasteiger partial charge in [-0.15, -0.1) is 0 Å². The van der Waals surface area contributed by atoms with Gasteiger partial charge in [0.25, 0.3) is 0 Å². The van der Waals surface area contributed by atoms with Crippen LogP contribution in [0.3, 0.4) is 0 Å². The second-order valence-corrected chi connectivity index (χ2v) is 1.46. The van der Waals surface area contributed by atoms with Crippen LogP contribution >= 0.6 is 22.9 Å². The van der Waals surface area contributed by atoms with Gasteiger partial charge in [0.15, 0.2) is 5.96 Å². The quantitative estimate of drug-likeness (QED) is 0.158. The molecule has 0 amide bonds. The zero-order chi connectivity index (χ0) is 5.70. The van der Waals surface area contributed by atoms with Crippen molar-refractivity contribution in [1.29, 1.82) is 0 Å². The fourth-order valence-electron chi connectivity index (χ4n) is 0.201. The highest BCUT2D eigenvalue weighted by molar-refractivity contribution is 14.1. The van der Waals surface area contributed by atoms with Crippen molar-refractivity contribution in [2.45, 2.75) is 0 Å². The molecule has 0 radical (unpaired) electrons. The van der Waals surface area contributed by atoms with Gasteiger partial charge in [-0.25, -0.2) is 0 Å². The molecular formula is CH6B2IN3. The van der Waals surface area contributed by atoms with E-state index in [1.165, 1.54) is 0 Å². The molecule has 0 spiro atoms. The number of guanidine groups is 1. The first-order valence-electron chi connectivity index (χ1n) is 1.86. The van der Waals surface area contributed by atoms with Crippen LogP contribution < -0.4 is 8.76 Å². The summed E-state index contributed by atoms with van der Waals surface area (Å²) in [7, 11) is 3.53. The molecule has 0 aliphatic carbocycles. The summed E-state index contributed by atoms with van der Waals surface area (Å²) in [4.78, 5) is 3.81. The van der Waals surface area contributed by atoms with Crippen molar-refractivity contribution < 1.29 is 0 Å². The first-order chi connectivity index (χ1) is 3.35. The minimum absolute atomic E-state index is 0.792. The van der Waals surface area contributed by atoms with E-state index < -0.39 is 0 Å². The van der Waals surface area contributed by atoms with E-state index in [1.54, 1.807) is 7.98 Å². The Bertz CT molecular complexity index is 67.3. The molecule has 2 N–H and O–H groups in total. The molecule has 3 nitrogen and oxygen atoms in total. The summed E-state index contributed by atoms with van der Waals surface area (Å²) in [6.45, 7) is 0. The van der Waals surface area contributed by atoms with Gasteiger partial charge in [-0.3, -0.25) is 0 Å². The monoisotopic (exact) mass is 209 g/mol. The summed E-state index contributed by atoms with van der Waals surface area (Å²) in [5, 5.41) is 2.83. The first kappa shape index (κ1) is 7.13. The third-order valence-corrected chi connectivity index (χ3v) is 1.06. The van der Waals surface area contributed by atoms with Gasteiger partial charge in [0.05, 0.1) is 22.9 Å². The van der Waals surface area contributed by atoms with Gasteiger partial charge in [-0.2, -0.15) is 0 Å². The molecule has 0 saturated heterocycles. The zero-order valence-electron chi connectivity index (χ0n) is 4.33. The van der Waals surface area contributed by atoms with E-state index >= 15 is 0 Å². The topological polar surface area (TPSA) is 36.4 Å². The maximum Gasteiger partial charge on any atom is 0.249 e. The van der Waals surface area contributed by atoms with Crippen LogP contribution in [0.4, 0.5) is 0 Å². The van der Waals surface area contributed by atoms with Gasteiger partial charge in [0.2, 0.25) is 16.0 Å². The normalized spacial score (nSPS) is 10.7. The molecule has 0 aromatic carbocycles. The highest BCUT2D eigenvalue weighted by Gasteiger charge is 1.80. The van der Waals surface area contributed by atoms with Gasteiger partial charge < -0.3 is 13.7 Å². The van der Waals surface area contributed by atoms with Crippen molar-refractivity contribution >= 4 is 44.8 Å². The van der Waals surface area contributed by atoms with E-state index in [4.69, 9.17) is 0 Å². The molecule has 0 unspecified atom stereocenters. The van der Waals surface area contributed by atoms with Crippen LogP contribution in [0, 0.1) is 0 Å². The van der Waals surface area contributed by atoms with Gasteiger partial charge >= 0.3 is 0 Å². The van der Waals surface area contributed by atoms with E-state index in [1.807, 2.05) is 30.8 Å². The minimum Gasteiger partial charge on any atom is -0.407 e. The summed E-state index contributed by atoms with van der Waals surface area (Å²) in [5.41, 5.74) is 0. The van der Waals surface area contributed by atoms with E-state index in [-0.39, 0.29) is 0 Å². The number of halogens is 1. The van der Waals surface area contributed by atoms with Crippen molar-refractivity contribution in [3.63, 3.8) is 0 Å². The molecule has 0 saturated carbocycles. The third-order valence-electron chi connectivity index (χ3n) is 0.550. The number of nitrogens with zero attached hydrogens (tertiary/aromatic N) is 1. The molecule has 7 heavy (non-hydrogen) atoms. The maximum atomic E-state index is 3.81. The highest BCUT2D eigenvalue weighted by atomic mass is 127. The van der Waals surface area contributed by atoms with E-state index in [0.717, 1.165) is 5.96 Å². The Morgan fingerprint density at radius 3 is 2.29 bits per heavy atom. The number of hydrogen-bond acceptors (Lipinski definition) is 1. The summed E-state index contributed by atoms with van der Waals surface area (Å²) < 4.78 is 2.81. The Hall–Kier alpha value is 0.130. The fraction of sp³-hybridized carbons (Fsp3) is 0. The fourth-order valence-corrected chi connectivity index (χ4v) is 0.712. The lowest BCUT2D eigenvalue weighted by molar-refractivity contribution is 1.36. The van der Waals surface area contributed by atoms with Gasteiger partial charge in [0, 0.05) is 0 Å². The Morgan fingerprint density at radius 1 is 1.71 bits per heavy atom. The largest absolute Gasteiger partial charge is 0.407 e. The Labute approximate surface area is 58.7 Å². The lowest BCUT2D eigenvalue weighted by atomic mass is 10.4. The van der Waals surface area contributed by atoms with Crippen molar-refractivity contribution in [3.05, 3.63) is 0 Å². The van der Waals surface area contributed by atoms with Crippen LogP contribution in [-0.4, -0.2) is 21.9 Å². The SMILES string of the molecule is B/N=C(\NB)NI. The van der Waals surface area contributed by atoms with Crippen LogP contribution in [0.25, 0.3) is 0 Å². The van der Waals surface area contributed by atoms with Crippen LogP contribution in [0.1, 0.15) is 0 Å². The first-order valence-corrected chi connectivity index (χ1v) is 2.94. The Balaban J connectivity index is 3.38. The summed E-state index contributed by atoms with van der Waals surface area (Å²) >= 11 is 2.01. The second-order valence-electron chi connectivity index (χ2n) is 0.917. The van der Waals surface area contributed by atoms with Crippen molar-refractivity contribution in [2.24, 2.45) is 4.90 Å². The molecule has 0 heterocycles. The van der Waals surface area contributed by atoms with Gasteiger partial charge in [-0.05, 0) is 0 Å². The molecule has 0 aromatic rings. The number of nitrogens with one attached hydrogen (secondary N) is 2. The standard InChI is InChI=1S/CH6B2IN3/c2-5-1(6-3)7-4/h2-3H2,(H2,5,6,7). The van der Waals surface area contributed by atoms with Crippen LogP contribution in [0.2, 0.25) is 0 Å². The molecule has 0 aliphatic heterocycles. The van der Waals surface area contributed by atoms with E-state index in [2.05, 4.69) is 13.7 Å². The molecule has 0 bridgehead atoms. The van der Waals surface area contributed by atoms with Crippen molar-refractivity contribution in [1.82, 2.24) is 8.76 Å². The smallest absolute Gasteiger partial charge is 0.249 e. The Kier molecular flexibility index (Phi) is 4.37. The lowest BCUT2D eigenvalue weighted by Gasteiger charge is -1.98. The number of rotatable bonds is 0. The highest BCUT2D eigenvalue weighted by Crippen LogP contribution is 1.67. The molecule has 0 atom stereocenters. The average Bonchev–Trinajstić information content (AvgIpc) is 1.72. The summed E-state index contributed by atoms with van der Waals surface area (Å²) in [6.07, 6.45) is 0. The third kappa shape index (κ3) is 2.78. The molecular weight excluding hydrogens is 203 g/mol. The second kappa shape index (κ2) is 4.29. The van der Waals surface area contributed by atoms with Crippen molar-refractivity contribution in [2.75, 3.05) is 0 Å². The predicted molar refractivity (Wildman–Crippen MR) is 44.8 cm³/mol. The van der Waals surface area contributed by atoms with Crippen LogP contribution in [-0.2, 0) is 0 Å².